The number of carbonyl (C=O) groups is 1. The number of hydrogen-bond acceptors (Lipinski definition) is 4. The van der Waals surface area contributed by atoms with Gasteiger partial charge in [-0.3, -0.25) is 9.79 Å². The van der Waals surface area contributed by atoms with Crippen molar-refractivity contribution in [2.24, 2.45) is 4.99 Å². The molecule has 2 aromatic carbocycles. The molecule has 2 aromatic rings. The van der Waals surface area contributed by atoms with Gasteiger partial charge in [-0.25, -0.2) is 0 Å². The standard InChI is InChI=1S/C25H35N5O2.HI/c1-5-28(6-2)24(31)21-9-7-20(8-10-21)19-27-25(26-3)30-17-15-29(16-18-30)22-11-13-23(32-4)14-12-22;/h7-14H,5-6,15-19H2,1-4H3,(H,26,27);1H. The molecule has 33 heavy (non-hydrogen) atoms. The van der Waals surface area contributed by atoms with E-state index in [0.29, 0.717) is 6.54 Å². The Morgan fingerprint density at radius 3 is 2.12 bits per heavy atom. The second-order valence-electron chi connectivity index (χ2n) is 7.75. The van der Waals surface area contributed by atoms with E-state index in [1.807, 2.05) is 62.2 Å². The number of aliphatic imine (C=N–C) groups is 1. The fourth-order valence-electron chi connectivity index (χ4n) is 3.94. The van der Waals surface area contributed by atoms with Crippen LogP contribution in [-0.2, 0) is 6.54 Å². The molecule has 1 fully saturated rings. The monoisotopic (exact) mass is 565 g/mol. The van der Waals surface area contributed by atoms with Crippen LogP contribution in [0.1, 0.15) is 29.8 Å². The topological polar surface area (TPSA) is 60.4 Å². The molecule has 8 heteroatoms. The summed E-state index contributed by atoms with van der Waals surface area (Å²) in [5, 5.41) is 3.46. The highest BCUT2D eigenvalue weighted by atomic mass is 127. The molecule has 0 radical (unpaired) electrons. The zero-order valence-electron chi connectivity index (χ0n) is 20.1. The van der Waals surface area contributed by atoms with E-state index in [2.05, 4.69) is 32.2 Å². The second kappa shape index (κ2) is 13.3. The Balaban J connectivity index is 0.00000385. The lowest BCUT2D eigenvalue weighted by atomic mass is 10.1. The fraction of sp³-hybridized carbons (Fsp3) is 0.440. The maximum Gasteiger partial charge on any atom is 0.253 e. The Morgan fingerprint density at radius 2 is 1.61 bits per heavy atom. The lowest BCUT2D eigenvalue weighted by Crippen LogP contribution is -2.52. The molecule has 0 unspecified atom stereocenters. The van der Waals surface area contributed by atoms with E-state index in [1.54, 1.807) is 7.11 Å². The van der Waals surface area contributed by atoms with Gasteiger partial charge < -0.3 is 24.8 Å². The van der Waals surface area contributed by atoms with E-state index in [-0.39, 0.29) is 29.9 Å². The van der Waals surface area contributed by atoms with Gasteiger partial charge in [0.25, 0.3) is 5.91 Å². The van der Waals surface area contributed by atoms with E-state index in [0.717, 1.165) is 62.1 Å². The van der Waals surface area contributed by atoms with Crippen molar-refractivity contribution < 1.29 is 9.53 Å². The van der Waals surface area contributed by atoms with Crippen LogP contribution >= 0.6 is 24.0 Å². The number of nitrogens with one attached hydrogen (secondary N) is 1. The minimum absolute atomic E-state index is 0. The number of hydrogen-bond donors (Lipinski definition) is 1. The molecule has 0 saturated carbocycles. The van der Waals surface area contributed by atoms with Crippen molar-refractivity contribution in [1.82, 2.24) is 15.1 Å². The molecule has 0 bridgehead atoms. The van der Waals surface area contributed by atoms with Crippen molar-refractivity contribution in [3.8, 4) is 5.75 Å². The van der Waals surface area contributed by atoms with Gasteiger partial charge in [-0.1, -0.05) is 12.1 Å². The summed E-state index contributed by atoms with van der Waals surface area (Å²) in [6.45, 7) is 9.81. The fourth-order valence-corrected chi connectivity index (χ4v) is 3.94. The first kappa shape index (κ1) is 26.8. The van der Waals surface area contributed by atoms with E-state index in [4.69, 9.17) is 4.74 Å². The zero-order chi connectivity index (χ0) is 22.9. The molecule has 1 heterocycles. The highest BCUT2D eigenvalue weighted by Gasteiger charge is 2.20. The second-order valence-corrected chi connectivity index (χ2v) is 7.75. The van der Waals surface area contributed by atoms with Crippen LogP contribution in [-0.4, -0.2) is 75.1 Å². The first-order chi connectivity index (χ1) is 15.6. The minimum atomic E-state index is 0. The van der Waals surface area contributed by atoms with Crippen LogP contribution in [0.25, 0.3) is 0 Å². The average molecular weight is 566 g/mol. The lowest BCUT2D eigenvalue weighted by molar-refractivity contribution is 0.0773. The highest BCUT2D eigenvalue weighted by molar-refractivity contribution is 14.0. The van der Waals surface area contributed by atoms with Gasteiger partial charge in [0.15, 0.2) is 5.96 Å². The molecule has 1 aliphatic rings. The number of guanidine groups is 1. The maximum atomic E-state index is 12.5. The van der Waals surface area contributed by atoms with Crippen molar-refractivity contribution in [2.45, 2.75) is 20.4 Å². The van der Waals surface area contributed by atoms with Gasteiger partial charge in [0.2, 0.25) is 0 Å². The number of benzene rings is 2. The summed E-state index contributed by atoms with van der Waals surface area (Å²) < 4.78 is 5.25. The minimum Gasteiger partial charge on any atom is -0.497 e. The number of amides is 1. The predicted octanol–water partition coefficient (Wildman–Crippen LogP) is 3.69. The molecular formula is C25H36IN5O2. The lowest BCUT2D eigenvalue weighted by Gasteiger charge is -2.37. The Hall–Kier alpha value is -2.49. The number of ether oxygens (including phenoxy) is 1. The molecule has 3 rings (SSSR count). The molecule has 0 spiro atoms. The summed E-state index contributed by atoms with van der Waals surface area (Å²) in [7, 11) is 3.51. The molecule has 1 N–H and O–H groups in total. The van der Waals surface area contributed by atoms with Crippen molar-refractivity contribution >= 4 is 41.5 Å². The van der Waals surface area contributed by atoms with E-state index in [1.165, 1.54) is 5.69 Å². The summed E-state index contributed by atoms with van der Waals surface area (Å²) in [6, 6.07) is 16.1. The highest BCUT2D eigenvalue weighted by Crippen LogP contribution is 2.20. The number of rotatable bonds is 7. The van der Waals surface area contributed by atoms with Crippen molar-refractivity contribution in [3.63, 3.8) is 0 Å². The number of piperazine rings is 1. The molecule has 0 atom stereocenters. The smallest absolute Gasteiger partial charge is 0.253 e. The van der Waals surface area contributed by atoms with Gasteiger partial charge >= 0.3 is 0 Å². The molecule has 180 valence electrons. The molecule has 1 amide bonds. The zero-order valence-corrected chi connectivity index (χ0v) is 22.4. The van der Waals surface area contributed by atoms with Gasteiger partial charge in [0, 0.05) is 64.1 Å². The number of nitrogens with zero attached hydrogens (tertiary/aromatic N) is 4. The normalized spacial score (nSPS) is 13.9. The summed E-state index contributed by atoms with van der Waals surface area (Å²) >= 11 is 0. The number of anilines is 1. The quantitative estimate of drug-likeness (QED) is 0.316. The summed E-state index contributed by atoms with van der Waals surface area (Å²) in [5.74, 6) is 1.87. The van der Waals surface area contributed by atoms with Crippen LogP contribution < -0.4 is 15.0 Å². The first-order valence-corrected chi connectivity index (χ1v) is 11.3. The van der Waals surface area contributed by atoms with E-state index >= 15 is 0 Å². The third-order valence-corrected chi connectivity index (χ3v) is 5.93. The number of halogens is 1. The molecule has 7 nitrogen and oxygen atoms in total. The van der Waals surface area contributed by atoms with Crippen molar-refractivity contribution in [1.29, 1.82) is 0 Å². The third-order valence-electron chi connectivity index (χ3n) is 5.93. The van der Waals surface area contributed by atoms with Gasteiger partial charge in [-0.15, -0.1) is 24.0 Å². The van der Waals surface area contributed by atoms with Crippen LogP contribution in [0.2, 0.25) is 0 Å². The van der Waals surface area contributed by atoms with Crippen LogP contribution in [0.15, 0.2) is 53.5 Å². The molecular weight excluding hydrogens is 529 g/mol. The van der Waals surface area contributed by atoms with Crippen LogP contribution in [0.5, 0.6) is 5.75 Å². The van der Waals surface area contributed by atoms with Gasteiger partial charge in [0.05, 0.1) is 7.11 Å². The van der Waals surface area contributed by atoms with Gasteiger partial charge in [-0.2, -0.15) is 0 Å². The molecule has 1 saturated heterocycles. The van der Waals surface area contributed by atoms with Gasteiger partial charge in [-0.05, 0) is 55.8 Å². The van der Waals surface area contributed by atoms with E-state index < -0.39 is 0 Å². The molecule has 0 aliphatic carbocycles. The predicted molar refractivity (Wildman–Crippen MR) is 146 cm³/mol. The number of carbonyl (C=O) groups excluding carboxylic acids is 1. The van der Waals surface area contributed by atoms with Crippen LogP contribution in [0.3, 0.4) is 0 Å². The van der Waals surface area contributed by atoms with Crippen LogP contribution in [0, 0.1) is 0 Å². The molecule has 1 aliphatic heterocycles. The summed E-state index contributed by atoms with van der Waals surface area (Å²) in [5.41, 5.74) is 3.07. The Morgan fingerprint density at radius 1 is 1.00 bits per heavy atom. The Kier molecular flexibility index (Phi) is 10.8. The average Bonchev–Trinajstić information content (AvgIpc) is 2.86. The maximum absolute atomic E-state index is 12.5. The first-order valence-electron chi connectivity index (χ1n) is 11.3. The van der Waals surface area contributed by atoms with Crippen molar-refractivity contribution in [3.05, 3.63) is 59.7 Å². The SMILES string of the molecule is CCN(CC)C(=O)c1ccc(CNC(=NC)N2CCN(c3ccc(OC)cc3)CC2)cc1.I. The summed E-state index contributed by atoms with van der Waals surface area (Å²) in [4.78, 5) is 23.5. The Bertz CT molecular complexity index is 890. The van der Waals surface area contributed by atoms with E-state index in [9.17, 15) is 4.79 Å². The summed E-state index contributed by atoms with van der Waals surface area (Å²) in [6.07, 6.45) is 0. The van der Waals surface area contributed by atoms with Crippen LogP contribution in [0.4, 0.5) is 5.69 Å². The third kappa shape index (κ3) is 6.99. The molecule has 0 aromatic heterocycles. The van der Waals surface area contributed by atoms with Gasteiger partial charge in [0.1, 0.15) is 5.75 Å². The Labute approximate surface area is 214 Å². The number of methoxy groups -OCH3 is 1. The largest absolute Gasteiger partial charge is 0.497 e. The van der Waals surface area contributed by atoms with Crippen molar-refractivity contribution in [2.75, 3.05) is 58.3 Å².